The molecule has 0 spiro atoms. The van der Waals surface area contributed by atoms with Gasteiger partial charge in [0.05, 0.1) is 0 Å². The van der Waals surface area contributed by atoms with Crippen molar-refractivity contribution < 1.29 is 0 Å². The Hall–Kier alpha value is -0.120. The third-order valence-electron chi connectivity index (χ3n) is 5.96. The van der Waals surface area contributed by atoms with Gasteiger partial charge in [-0.25, -0.2) is 0 Å². The minimum Gasteiger partial charge on any atom is -0.315 e. The molecule has 1 aliphatic carbocycles. The van der Waals surface area contributed by atoms with Crippen LogP contribution in [0.2, 0.25) is 0 Å². The van der Waals surface area contributed by atoms with E-state index in [-0.39, 0.29) is 0 Å². The van der Waals surface area contributed by atoms with Crippen molar-refractivity contribution in [1.29, 1.82) is 0 Å². The smallest absolute Gasteiger partial charge is 0.0271 e. The summed E-state index contributed by atoms with van der Waals surface area (Å²) in [6, 6.07) is 2.29. The number of hydrogen-bond acceptors (Lipinski definition) is 3. The molecular weight excluding hydrogens is 234 g/mol. The molecule has 3 rings (SSSR count). The van der Waals surface area contributed by atoms with E-state index in [2.05, 4.69) is 36.0 Å². The van der Waals surface area contributed by atoms with Crippen molar-refractivity contribution in [2.75, 3.05) is 33.2 Å². The summed E-state index contributed by atoms with van der Waals surface area (Å²) in [5.41, 5.74) is 0.461. The van der Waals surface area contributed by atoms with Crippen molar-refractivity contribution in [3.63, 3.8) is 0 Å². The number of piperidine rings is 1. The van der Waals surface area contributed by atoms with Gasteiger partial charge in [-0.2, -0.15) is 0 Å². The summed E-state index contributed by atoms with van der Waals surface area (Å²) in [7, 11) is 2.15. The van der Waals surface area contributed by atoms with E-state index in [1.54, 1.807) is 0 Å². The Labute approximate surface area is 118 Å². The molecule has 3 atom stereocenters. The van der Waals surface area contributed by atoms with Crippen molar-refractivity contribution >= 4 is 0 Å². The fraction of sp³-hybridized carbons (Fsp3) is 1.00. The molecule has 0 aromatic heterocycles. The van der Waals surface area contributed by atoms with Crippen LogP contribution in [0.3, 0.4) is 0 Å². The SMILES string of the molecule is CNC1C(N2CCN3CCCCC3C2)CCC1(C)C. The third-order valence-corrected chi connectivity index (χ3v) is 5.96. The van der Waals surface area contributed by atoms with Crippen LogP contribution in [0.4, 0.5) is 0 Å². The minimum absolute atomic E-state index is 0.461. The number of nitrogens with zero attached hydrogens (tertiary/aromatic N) is 2. The predicted molar refractivity (Wildman–Crippen MR) is 80.4 cm³/mol. The molecule has 3 heteroatoms. The minimum atomic E-state index is 0.461. The molecule has 0 radical (unpaired) electrons. The highest BCUT2D eigenvalue weighted by molar-refractivity contribution is 5.02. The van der Waals surface area contributed by atoms with Crippen molar-refractivity contribution in [3.8, 4) is 0 Å². The Morgan fingerprint density at radius 1 is 1.00 bits per heavy atom. The Balaban J connectivity index is 1.66. The number of fused-ring (bicyclic) bond motifs is 1. The number of likely N-dealkylation sites (N-methyl/N-ethyl adjacent to an activating group) is 1. The summed E-state index contributed by atoms with van der Waals surface area (Å²) < 4.78 is 0. The normalized spacial score (nSPS) is 40.3. The van der Waals surface area contributed by atoms with Crippen LogP contribution in [0.15, 0.2) is 0 Å². The molecule has 1 saturated carbocycles. The van der Waals surface area contributed by atoms with E-state index in [9.17, 15) is 0 Å². The summed E-state index contributed by atoms with van der Waals surface area (Å²) in [4.78, 5) is 5.55. The van der Waals surface area contributed by atoms with Gasteiger partial charge in [-0.05, 0) is 44.7 Å². The molecule has 0 aromatic rings. The first kappa shape index (κ1) is 13.8. The number of hydrogen-bond donors (Lipinski definition) is 1. The van der Waals surface area contributed by atoms with E-state index in [4.69, 9.17) is 0 Å². The van der Waals surface area contributed by atoms with E-state index < -0.39 is 0 Å². The predicted octanol–water partition coefficient (Wildman–Crippen LogP) is 1.93. The molecule has 2 aliphatic heterocycles. The summed E-state index contributed by atoms with van der Waals surface area (Å²) in [6.07, 6.45) is 7.04. The van der Waals surface area contributed by atoms with Gasteiger partial charge in [0.25, 0.3) is 0 Å². The zero-order valence-corrected chi connectivity index (χ0v) is 13.0. The first-order valence-electron chi connectivity index (χ1n) is 8.27. The quantitative estimate of drug-likeness (QED) is 0.823. The first-order valence-corrected chi connectivity index (χ1v) is 8.27. The molecule has 19 heavy (non-hydrogen) atoms. The van der Waals surface area contributed by atoms with Crippen LogP contribution in [0.1, 0.15) is 46.0 Å². The second-order valence-electron chi connectivity index (χ2n) is 7.54. The van der Waals surface area contributed by atoms with Gasteiger partial charge in [0.1, 0.15) is 0 Å². The fourth-order valence-corrected chi connectivity index (χ4v) is 4.82. The third kappa shape index (κ3) is 2.57. The molecule has 3 aliphatic rings. The summed E-state index contributed by atoms with van der Waals surface area (Å²) >= 11 is 0. The highest BCUT2D eigenvalue weighted by atomic mass is 15.3. The van der Waals surface area contributed by atoms with Crippen LogP contribution >= 0.6 is 0 Å². The monoisotopic (exact) mass is 265 g/mol. The lowest BCUT2D eigenvalue weighted by Gasteiger charge is -2.47. The average molecular weight is 265 g/mol. The van der Waals surface area contributed by atoms with Crippen LogP contribution in [0.5, 0.6) is 0 Å². The van der Waals surface area contributed by atoms with E-state index in [0.717, 1.165) is 12.1 Å². The highest BCUT2D eigenvalue weighted by Gasteiger charge is 2.45. The number of piperazine rings is 1. The first-order chi connectivity index (χ1) is 9.12. The van der Waals surface area contributed by atoms with Gasteiger partial charge in [-0.3, -0.25) is 9.80 Å². The van der Waals surface area contributed by atoms with E-state index in [1.165, 1.54) is 58.3 Å². The summed E-state index contributed by atoms with van der Waals surface area (Å²) in [5.74, 6) is 0. The van der Waals surface area contributed by atoms with Crippen LogP contribution in [0.25, 0.3) is 0 Å². The lowest BCUT2D eigenvalue weighted by molar-refractivity contribution is 0.0188. The molecule has 2 heterocycles. The van der Waals surface area contributed by atoms with Gasteiger partial charge in [0.15, 0.2) is 0 Å². The molecule has 3 nitrogen and oxygen atoms in total. The largest absolute Gasteiger partial charge is 0.315 e. The lowest BCUT2D eigenvalue weighted by atomic mass is 9.86. The molecule has 0 aromatic carbocycles. The van der Waals surface area contributed by atoms with Crippen LogP contribution in [-0.4, -0.2) is 61.2 Å². The molecule has 0 bridgehead atoms. The lowest BCUT2D eigenvalue weighted by Crippen LogP contribution is -2.60. The fourth-order valence-electron chi connectivity index (χ4n) is 4.82. The van der Waals surface area contributed by atoms with Crippen molar-refractivity contribution in [1.82, 2.24) is 15.1 Å². The van der Waals surface area contributed by atoms with Gasteiger partial charge in [0, 0.05) is 37.8 Å². The van der Waals surface area contributed by atoms with Crippen molar-refractivity contribution in [2.45, 2.75) is 64.1 Å². The second-order valence-corrected chi connectivity index (χ2v) is 7.54. The summed E-state index contributed by atoms with van der Waals surface area (Å²) in [5, 5.41) is 3.62. The molecular formula is C16H31N3. The van der Waals surface area contributed by atoms with Crippen LogP contribution < -0.4 is 5.32 Å². The number of nitrogens with one attached hydrogen (secondary N) is 1. The Morgan fingerprint density at radius 2 is 1.79 bits per heavy atom. The molecule has 0 amide bonds. The zero-order valence-electron chi connectivity index (χ0n) is 13.0. The van der Waals surface area contributed by atoms with Crippen LogP contribution in [-0.2, 0) is 0 Å². The second kappa shape index (κ2) is 5.34. The van der Waals surface area contributed by atoms with Gasteiger partial charge >= 0.3 is 0 Å². The Bertz CT molecular complexity index is 315. The maximum Gasteiger partial charge on any atom is 0.0271 e. The van der Waals surface area contributed by atoms with Gasteiger partial charge in [-0.1, -0.05) is 20.3 Å². The van der Waals surface area contributed by atoms with Gasteiger partial charge < -0.3 is 5.32 Å². The van der Waals surface area contributed by atoms with E-state index in [1.807, 2.05) is 0 Å². The van der Waals surface area contributed by atoms with Crippen LogP contribution in [0, 0.1) is 5.41 Å². The van der Waals surface area contributed by atoms with E-state index in [0.29, 0.717) is 11.5 Å². The van der Waals surface area contributed by atoms with E-state index >= 15 is 0 Å². The van der Waals surface area contributed by atoms with Crippen molar-refractivity contribution in [2.24, 2.45) is 5.41 Å². The highest BCUT2D eigenvalue weighted by Crippen LogP contribution is 2.40. The maximum atomic E-state index is 3.62. The molecule has 3 unspecified atom stereocenters. The standard InChI is InChI=1S/C16H31N3/c1-16(2)8-7-14(15(16)17-3)19-11-10-18-9-5-4-6-13(18)12-19/h13-15,17H,4-12H2,1-3H3. The topological polar surface area (TPSA) is 18.5 Å². The maximum absolute atomic E-state index is 3.62. The average Bonchev–Trinajstić information content (AvgIpc) is 2.73. The molecule has 3 fully saturated rings. The van der Waals surface area contributed by atoms with Gasteiger partial charge in [-0.15, -0.1) is 0 Å². The Morgan fingerprint density at radius 3 is 2.58 bits per heavy atom. The molecule has 2 saturated heterocycles. The summed E-state index contributed by atoms with van der Waals surface area (Å²) in [6.45, 7) is 10.1. The molecule has 110 valence electrons. The molecule has 1 N–H and O–H groups in total. The zero-order chi connectivity index (χ0) is 13.5. The van der Waals surface area contributed by atoms with Crippen molar-refractivity contribution in [3.05, 3.63) is 0 Å². The Kier molecular flexibility index (Phi) is 3.89. The van der Waals surface area contributed by atoms with Gasteiger partial charge in [0.2, 0.25) is 0 Å². The number of rotatable bonds is 2.